The van der Waals surface area contributed by atoms with E-state index in [1.165, 1.54) is 17.8 Å². The zero-order valence-corrected chi connectivity index (χ0v) is 28.5. The summed E-state index contributed by atoms with van der Waals surface area (Å²) in [6.45, 7) is 14.1. The number of nitrogens with one attached hydrogen (secondary N) is 1. The van der Waals surface area contributed by atoms with E-state index in [2.05, 4.69) is 49.5 Å². The average molecular weight is 651 g/mol. The van der Waals surface area contributed by atoms with E-state index in [9.17, 15) is 14.4 Å². The van der Waals surface area contributed by atoms with Crippen LogP contribution in [0.1, 0.15) is 83.7 Å². The molecule has 0 saturated carbocycles. The van der Waals surface area contributed by atoms with Gasteiger partial charge in [-0.15, -0.1) is 11.8 Å². The number of hydrogen-bond acceptors (Lipinski definition) is 6. The number of nitrogens with zero attached hydrogens (tertiary/aromatic N) is 5. The quantitative estimate of drug-likeness (QED) is 0.338. The normalized spacial score (nSPS) is 24.7. The Morgan fingerprint density at radius 2 is 1.78 bits per heavy atom. The van der Waals surface area contributed by atoms with Gasteiger partial charge in [0.05, 0.1) is 16.5 Å². The number of rotatable bonds is 7. The molecule has 6 rings (SSSR count). The second-order valence-electron chi connectivity index (χ2n) is 14.8. The Balaban J connectivity index is 1.19. The molecule has 0 aliphatic carbocycles. The molecule has 46 heavy (non-hydrogen) atoms. The topological polar surface area (TPSA) is 94.5 Å². The summed E-state index contributed by atoms with van der Waals surface area (Å²) in [6, 6.07) is 8.92. The van der Waals surface area contributed by atoms with Crippen molar-refractivity contribution in [2.75, 3.05) is 37.6 Å². The molecule has 0 radical (unpaired) electrons. The van der Waals surface area contributed by atoms with Gasteiger partial charge in [-0.3, -0.25) is 19.1 Å². The number of anilines is 1. The van der Waals surface area contributed by atoms with Gasteiger partial charge in [0.25, 0.3) is 0 Å². The minimum atomic E-state index is -0.534. The lowest BCUT2D eigenvalue weighted by atomic mass is 9.90. The molecule has 3 saturated heterocycles. The van der Waals surface area contributed by atoms with Gasteiger partial charge in [-0.05, 0) is 61.1 Å². The number of aromatic nitrogens is 3. The molecule has 0 bridgehead atoms. The predicted octanol–water partition coefficient (Wildman–Crippen LogP) is 5.98. The summed E-state index contributed by atoms with van der Waals surface area (Å²) in [7, 11) is 0. The number of carbonyl (C=O) groups is 2. The van der Waals surface area contributed by atoms with Crippen molar-refractivity contribution in [2.24, 2.45) is 17.3 Å². The van der Waals surface area contributed by atoms with E-state index < -0.39 is 5.25 Å². The summed E-state index contributed by atoms with van der Waals surface area (Å²) in [4.78, 5) is 53.4. The van der Waals surface area contributed by atoms with Gasteiger partial charge < -0.3 is 14.7 Å². The van der Waals surface area contributed by atoms with E-state index in [0.717, 1.165) is 37.0 Å². The van der Waals surface area contributed by atoms with Crippen LogP contribution in [0.3, 0.4) is 0 Å². The van der Waals surface area contributed by atoms with Crippen LogP contribution in [0.15, 0.2) is 41.3 Å². The number of pyridine rings is 1. The molecular weight excluding hydrogens is 603 g/mol. The second kappa shape index (κ2) is 13.0. The highest BCUT2D eigenvalue weighted by atomic mass is 32.2. The molecule has 0 unspecified atom stereocenters. The summed E-state index contributed by atoms with van der Waals surface area (Å²) in [5.74, 6) is 0.552. The first-order valence-electron chi connectivity index (χ1n) is 16.7. The third kappa shape index (κ3) is 6.71. The lowest BCUT2D eigenvalue weighted by Gasteiger charge is -2.39. The zero-order valence-electron chi connectivity index (χ0n) is 27.7. The molecule has 9 nitrogen and oxygen atoms in total. The van der Waals surface area contributed by atoms with Crippen LogP contribution in [-0.4, -0.2) is 74.1 Å². The van der Waals surface area contributed by atoms with Crippen LogP contribution in [0.25, 0.3) is 11.2 Å². The Bertz CT molecular complexity index is 1630. The molecule has 3 fully saturated rings. The number of halogens is 1. The first-order chi connectivity index (χ1) is 21.9. The highest BCUT2D eigenvalue weighted by Gasteiger charge is 2.44. The molecule has 4 atom stereocenters. The number of H-pyrrole nitrogens is 1. The van der Waals surface area contributed by atoms with Gasteiger partial charge in [0.1, 0.15) is 11.2 Å². The minimum Gasteiger partial charge on any atom is -0.368 e. The first kappa shape index (κ1) is 32.6. The van der Waals surface area contributed by atoms with E-state index in [-0.39, 0.29) is 46.6 Å². The first-order valence-corrected chi connectivity index (χ1v) is 17.7. The lowest BCUT2D eigenvalue weighted by molar-refractivity contribution is -0.136. The number of fused-ring (bicyclic) bond motifs is 1. The Hall–Kier alpha value is -3.34. The van der Waals surface area contributed by atoms with Crippen LogP contribution in [0, 0.1) is 23.1 Å². The number of carbonyl (C=O) groups excluding carboxylic acids is 2. The minimum absolute atomic E-state index is 0.0130. The van der Waals surface area contributed by atoms with Crippen LogP contribution >= 0.6 is 11.8 Å². The fourth-order valence-corrected chi connectivity index (χ4v) is 9.04. The standard InChI is InChI=1S/C35H47FN6O3S/c1-22-18-23(2)21-40(20-22)30-25(8-6-9-26(30)36)33-41(17-13-35(3,4)5)32(44)28(46-33)19-29(43)39-15-11-24(12-16-39)42-27-10-7-14-37-31(27)38-34(42)45/h6-10,14,22-24,28,33H,11-13,15-21H2,1-5H3,(H,37,38,45)/t22-,23+,28-,33+/m0/s1. The van der Waals surface area contributed by atoms with Gasteiger partial charge in [-0.1, -0.05) is 46.8 Å². The van der Waals surface area contributed by atoms with Gasteiger partial charge in [0.2, 0.25) is 11.8 Å². The van der Waals surface area contributed by atoms with Gasteiger partial charge in [-0.2, -0.15) is 0 Å². The van der Waals surface area contributed by atoms with E-state index in [0.29, 0.717) is 55.6 Å². The molecule has 2 aromatic heterocycles. The number of benzene rings is 1. The Morgan fingerprint density at radius 1 is 1.07 bits per heavy atom. The summed E-state index contributed by atoms with van der Waals surface area (Å²) < 4.78 is 17.5. The number of aromatic amines is 1. The number of imidazole rings is 1. The number of likely N-dealkylation sites (tertiary alicyclic amines) is 1. The summed E-state index contributed by atoms with van der Waals surface area (Å²) >= 11 is 1.49. The van der Waals surface area contributed by atoms with Crippen molar-refractivity contribution in [3.63, 3.8) is 0 Å². The fraction of sp³-hybridized carbons (Fsp3) is 0.600. The second-order valence-corrected chi connectivity index (χ2v) is 16.1. The van der Waals surface area contributed by atoms with Crippen LogP contribution < -0.4 is 10.6 Å². The smallest absolute Gasteiger partial charge is 0.327 e. The van der Waals surface area contributed by atoms with Crippen LogP contribution in [0.5, 0.6) is 0 Å². The van der Waals surface area contributed by atoms with Crippen molar-refractivity contribution >= 4 is 40.4 Å². The highest BCUT2D eigenvalue weighted by molar-refractivity contribution is 8.01. The monoisotopic (exact) mass is 650 g/mol. The Labute approximate surface area is 274 Å². The number of thioether (sulfide) groups is 1. The summed E-state index contributed by atoms with van der Waals surface area (Å²) in [5.41, 5.74) is 2.60. The highest BCUT2D eigenvalue weighted by Crippen LogP contribution is 2.49. The molecule has 3 aliphatic rings. The van der Waals surface area contributed by atoms with Gasteiger partial charge in [0, 0.05) is 56.9 Å². The van der Waals surface area contributed by atoms with E-state index in [4.69, 9.17) is 0 Å². The number of piperidine rings is 2. The summed E-state index contributed by atoms with van der Waals surface area (Å²) in [6.07, 6.45) is 4.99. The maximum Gasteiger partial charge on any atom is 0.327 e. The van der Waals surface area contributed by atoms with Gasteiger partial charge >= 0.3 is 5.69 Å². The average Bonchev–Trinajstić information content (AvgIpc) is 3.50. The van der Waals surface area contributed by atoms with Gasteiger partial charge in [-0.25, -0.2) is 14.2 Å². The van der Waals surface area contributed by atoms with E-state index in [1.54, 1.807) is 16.8 Å². The van der Waals surface area contributed by atoms with Crippen molar-refractivity contribution in [2.45, 2.75) is 83.4 Å². The summed E-state index contributed by atoms with van der Waals surface area (Å²) in [5, 5.41) is -0.896. The molecule has 5 heterocycles. The fourth-order valence-electron chi connectivity index (χ4n) is 7.54. The lowest BCUT2D eigenvalue weighted by Crippen LogP contribution is -2.42. The third-order valence-electron chi connectivity index (χ3n) is 9.74. The van der Waals surface area contributed by atoms with Crippen molar-refractivity contribution in [3.05, 3.63) is 58.4 Å². The van der Waals surface area contributed by atoms with Crippen molar-refractivity contribution in [1.29, 1.82) is 0 Å². The van der Waals surface area contributed by atoms with Crippen LogP contribution in [0.4, 0.5) is 10.1 Å². The zero-order chi connectivity index (χ0) is 32.7. The largest absolute Gasteiger partial charge is 0.368 e. The Morgan fingerprint density at radius 3 is 2.48 bits per heavy atom. The predicted molar refractivity (Wildman–Crippen MR) is 181 cm³/mol. The van der Waals surface area contributed by atoms with E-state index >= 15 is 4.39 Å². The molecule has 1 N–H and O–H groups in total. The van der Waals surface area contributed by atoms with Gasteiger partial charge in [0.15, 0.2) is 5.65 Å². The maximum absolute atomic E-state index is 15.7. The van der Waals surface area contributed by atoms with E-state index in [1.807, 2.05) is 28.0 Å². The van der Waals surface area contributed by atoms with Crippen molar-refractivity contribution in [3.8, 4) is 0 Å². The number of hydrogen-bond donors (Lipinski definition) is 1. The van der Waals surface area contributed by atoms with Crippen LogP contribution in [0.2, 0.25) is 0 Å². The third-order valence-corrected chi connectivity index (χ3v) is 11.2. The molecule has 3 aliphatic heterocycles. The van der Waals surface area contributed by atoms with Crippen molar-refractivity contribution in [1.82, 2.24) is 24.3 Å². The van der Waals surface area contributed by atoms with Crippen LogP contribution in [-0.2, 0) is 9.59 Å². The molecule has 0 spiro atoms. The molecule has 1 aromatic carbocycles. The number of amides is 2. The molecule has 248 valence electrons. The SMILES string of the molecule is C[C@@H]1C[C@H](C)CN(c2c(F)cccc2[C@H]2S[C@@H](CC(=O)N3CCC(n4c(=O)[nH]c5ncccc54)CC3)C(=O)N2CCC(C)(C)C)C1. The Kier molecular flexibility index (Phi) is 9.24. The molecule has 11 heteroatoms. The molecular formula is C35H47FN6O3S. The van der Waals surface area contributed by atoms with Crippen molar-refractivity contribution < 1.29 is 14.0 Å². The molecule has 2 amide bonds. The molecule has 3 aromatic rings. The number of para-hydroxylation sites is 1. The maximum atomic E-state index is 15.7.